The van der Waals surface area contributed by atoms with Crippen molar-refractivity contribution in [1.29, 1.82) is 0 Å². The molecule has 1 aliphatic heterocycles. The first-order valence-electron chi connectivity index (χ1n) is 7.79. The summed E-state index contributed by atoms with van der Waals surface area (Å²) in [7, 11) is 0. The molecule has 1 amide bonds. The molecule has 2 aromatic rings. The Bertz CT molecular complexity index is 706. The van der Waals surface area contributed by atoms with Gasteiger partial charge in [0.2, 0.25) is 11.7 Å². The van der Waals surface area contributed by atoms with Crippen LogP contribution >= 0.6 is 11.6 Å². The lowest BCUT2D eigenvalue weighted by Gasteiger charge is -2.30. The Labute approximate surface area is 144 Å². The van der Waals surface area contributed by atoms with Gasteiger partial charge < -0.3 is 19.3 Å². The number of likely N-dealkylation sites (tertiary alicyclic amines) is 1. The SMILES string of the molecule is O=C(OCCO)N1CCCC(c2nc(-c3cccc(Cl)c3)no2)C1. The first kappa shape index (κ1) is 16.7. The number of rotatable bonds is 4. The number of carbonyl (C=O) groups is 1. The number of carbonyl (C=O) groups excluding carboxylic acids is 1. The number of aromatic nitrogens is 2. The molecule has 1 unspecified atom stereocenters. The van der Waals surface area contributed by atoms with Gasteiger partial charge in [-0.2, -0.15) is 4.98 Å². The third-order valence-corrected chi connectivity index (χ3v) is 4.11. The molecule has 0 spiro atoms. The van der Waals surface area contributed by atoms with Crippen molar-refractivity contribution in [3.63, 3.8) is 0 Å². The van der Waals surface area contributed by atoms with E-state index in [4.69, 9.17) is 26.0 Å². The predicted molar refractivity (Wildman–Crippen MR) is 86.7 cm³/mol. The molecule has 24 heavy (non-hydrogen) atoms. The highest BCUT2D eigenvalue weighted by atomic mass is 35.5. The van der Waals surface area contributed by atoms with E-state index in [1.54, 1.807) is 17.0 Å². The summed E-state index contributed by atoms with van der Waals surface area (Å²) in [6.07, 6.45) is 1.26. The monoisotopic (exact) mass is 351 g/mol. The van der Waals surface area contributed by atoms with E-state index in [2.05, 4.69) is 10.1 Å². The number of halogens is 1. The summed E-state index contributed by atoms with van der Waals surface area (Å²) in [4.78, 5) is 18.0. The van der Waals surface area contributed by atoms with Crippen LogP contribution in [-0.2, 0) is 4.74 Å². The van der Waals surface area contributed by atoms with Gasteiger partial charge in [0.05, 0.1) is 12.5 Å². The van der Waals surface area contributed by atoms with Gasteiger partial charge in [0.15, 0.2) is 0 Å². The molecular weight excluding hydrogens is 334 g/mol. The van der Waals surface area contributed by atoms with Gasteiger partial charge >= 0.3 is 6.09 Å². The molecule has 3 rings (SSSR count). The Hall–Kier alpha value is -2.12. The number of hydrogen-bond acceptors (Lipinski definition) is 6. The van der Waals surface area contributed by atoms with E-state index < -0.39 is 6.09 Å². The van der Waals surface area contributed by atoms with E-state index in [-0.39, 0.29) is 19.1 Å². The van der Waals surface area contributed by atoms with Crippen LogP contribution in [0.1, 0.15) is 24.7 Å². The number of aliphatic hydroxyl groups is 1. The van der Waals surface area contributed by atoms with Crippen molar-refractivity contribution >= 4 is 17.7 Å². The summed E-state index contributed by atoms with van der Waals surface area (Å²) in [5.41, 5.74) is 0.785. The quantitative estimate of drug-likeness (QED) is 0.911. The van der Waals surface area contributed by atoms with E-state index in [0.29, 0.717) is 29.8 Å². The van der Waals surface area contributed by atoms with E-state index in [1.165, 1.54) is 0 Å². The number of amides is 1. The van der Waals surface area contributed by atoms with Crippen molar-refractivity contribution < 1.29 is 19.2 Å². The number of nitrogens with zero attached hydrogens (tertiary/aromatic N) is 3. The van der Waals surface area contributed by atoms with E-state index in [9.17, 15) is 4.79 Å². The zero-order chi connectivity index (χ0) is 16.9. The molecule has 7 nitrogen and oxygen atoms in total. The average molecular weight is 352 g/mol. The Morgan fingerprint density at radius 1 is 1.50 bits per heavy atom. The van der Waals surface area contributed by atoms with E-state index in [1.807, 2.05) is 12.1 Å². The van der Waals surface area contributed by atoms with Crippen molar-refractivity contribution in [1.82, 2.24) is 15.0 Å². The minimum absolute atomic E-state index is 0.000524. The summed E-state index contributed by atoms with van der Waals surface area (Å²) in [5, 5.41) is 13.4. The van der Waals surface area contributed by atoms with Crippen LogP contribution in [0.5, 0.6) is 0 Å². The highest BCUT2D eigenvalue weighted by Gasteiger charge is 2.29. The summed E-state index contributed by atoms with van der Waals surface area (Å²) in [5.74, 6) is 0.956. The molecule has 1 aromatic carbocycles. The molecule has 8 heteroatoms. The first-order valence-corrected chi connectivity index (χ1v) is 8.17. The first-order chi connectivity index (χ1) is 11.7. The lowest BCUT2D eigenvalue weighted by atomic mass is 9.98. The van der Waals surface area contributed by atoms with Crippen LogP contribution in [0, 0.1) is 0 Å². The maximum atomic E-state index is 11.9. The Morgan fingerprint density at radius 3 is 3.17 bits per heavy atom. The molecule has 1 aromatic heterocycles. The summed E-state index contributed by atoms with van der Waals surface area (Å²) in [6, 6.07) is 7.24. The molecule has 1 saturated heterocycles. The number of piperidine rings is 1. The van der Waals surface area contributed by atoms with Crippen LogP contribution in [0.25, 0.3) is 11.4 Å². The van der Waals surface area contributed by atoms with E-state index in [0.717, 1.165) is 18.4 Å². The lowest BCUT2D eigenvalue weighted by Crippen LogP contribution is -2.39. The molecule has 2 heterocycles. The fourth-order valence-electron chi connectivity index (χ4n) is 2.71. The standard InChI is InChI=1S/C16H18ClN3O4/c17-13-5-1-3-11(9-13)14-18-15(24-19-14)12-4-2-6-20(10-12)16(22)23-8-7-21/h1,3,5,9,12,21H,2,4,6-8,10H2. The van der Waals surface area contributed by atoms with Crippen molar-refractivity contribution in [2.45, 2.75) is 18.8 Å². The van der Waals surface area contributed by atoms with E-state index >= 15 is 0 Å². The van der Waals surface area contributed by atoms with Crippen LogP contribution < -0.4 is 0 Å². The Balaban J connectivity index is 1.69. The largest absolute Gasteiger partial charge is 0.447 e. The highest BCUT2D eigenvalue weighted by Crippen LogP contribution is 2.28. The zero-order valence-corrected chi connectivity index (χ0v) is 13.8. The fraction of sp³-hybridized carbons (Fsp3) is 0.438. The second-order valence-electron chi connectivity index (χ2n) is 5.59. The van der Waals surface area contributed by atoms with Gasteiger partial charge in [-0.25, -0.2) is 4.79 Å². The topological polar surface area (TPSA) is 88.7 Å². The van der Waals surface area contributed by atoms with Crippen molar-refractivity contribution in [2.75, 3.05) is 26.3 Å². The number of aliphatic hydroxyl groups excluding tert-OH is 1. The van der Waals surface area contributed by atoms with Gasteiger partial charge in [0.1, 0.15) is 6.61 Å². The molecule has 0 bridgehead atoms. The minimum Gasteiger partial charge on any atom is -0.447 e. The number of hydrogen-bond donors (Lipinski definition) is 1. The second kappa shape index (κ2) is 7.63. The lowest BCUT2D eigenvalue weighted by molar-refractivity contribution is 0.0738. The maximum absolute atomic E-state index is 11.9. The van der Waals surface area contributed by atoms with Crippen molar-refractivity contribution in [3.05, 3.63) is 35.2 Å². The van der Waals surface area contributed by atoms with Gasteiger partial charge in [-0.3, -0.25) is 0 Å². The second-order valence-corrected chi connectivity index (χ2v) is 6.03. The highest BCUT2D eigenvalue weighted by molar-refractivity contribution is 6.30. The molecule has 0 saturated carbocycles. The fourth-order valence-corrected chi connectivity index (χ4v) is 2.90. The summed E-state index contributed by atoms with van der Waals surface area (Å²) >= 11 is 5.98. The molecule has 1 N–H and O–H groups in total. The Kier molecular flexibility index (Phi) is 5.32. The molecule has 0 aliphatic carbocycles. The smallest absolute Gasteiger partial charge is 0.409 e. The predicted octanol–water partition coefficient (Wildman–Crippen LogP) is 2.70. The third-order valence-electron chi connectivity index (χ3n) is 3.87. The molecule has 0 radical (unpaired) electrons. The zero-order valence-electron chi connectivity index (χ0n) is 13.0. The summed E-state index contributed by atoms with van der Waals surface area (Å²) < 4.78 is 10.3. The summed E-state index contributed by atoms with van der Waals surface area (Å²) in [6.45, 7) is 0.895. The van der Waals surface area contributed by atoms with Crippen LogP contribution in [0.2, 0.25) is 5.02 Å². The van der Waals surface area contributed by atoms with Gasteiger partial charge in [-0.05, 0) is 25.0 Å². The van der Waals surface area contributed by atoms with Gasteiger partial charge in [-0.1, -0.05) is 28.9 Å². The average Bonchev–Trinajstić information content (AvgIpc) is 3.10. The molecule has 1 atom stereocenters. The minimum atomic E-state index is -0.427. The van der Waals surface area contributed by atoms with Gasteiger partial charge in [-0.15, -0.1) is 0 Å². The van der Waals surface area contributed by atoms with Crippen LogP contribution in [-0.4, -0.2) is 52.5 Å². The third kappa shape index (κ3) is 3.85. The molecule has 1 aliphatic rings. The molecule has 1 fully saturated rings. The normalized spacial score (nSPS) is 17.8. The van der Waals surface area contributed by atoms with Gasteiger partial charge in [0, 0.05) is 23.7 Å². The van der Waals surface area contributed by atoms with Crippen LogP contribution in [0.4, 0.5) is 4.79 Å². The van der Waals surface area contributed by atoms with Crippen LogP contribution in [0.3, 0.4) is 0 Å². The van der Waals surface area contributed by atoms with Crippen molar-refractivity contribution in [2.24, 2.45) is 0 Å². The number of ether oxygens (including phenoxy) is 1. The Morgan fingerprint density at radius 2 is 2.38 bits per heavy atom. The van der Waals surface area contributed by atoms with Crippen LogP contribution in [0.15, 0.2) is 28.8 Å². The maximum Gasteiger partial charge on any atom is 0.409 e. The van der Waals surface area contributed by atoms with Gasteiger partial charge in [0.25, 0.3) is 0 Å². The molecule has 128 valence electrons. The number of benzene rings is 1. The van der Waals surface area contributed by atoms with Crippen molar-refractivity contribution in [3.8, 4) is 11.4 Å². The molecular formula is C16H18ClN3O4.